The summed E-state index contributed by atoms with van der Waals surface area (Å²) in [5.74, 6) is 0.158. The molecule has 1 aliphatic heterocycles. The van der Waals surface area contributed by atoms with Gasteiger partial charge in [-0.1, -0.05) is 30.3 Å². The van der Waals surface area contributed by atoms with E-state index in [0.717, 1.165) is 18.5 Å². The molecule has 2 rings (SSSR count). The maximum atomic E-state index is 12.0. The maximum absolute atomic E-state index is 12.0. The molecule has 1 aromatic rings. The number of carbonyl (C=O) groups is 1. The van der Waals surface area contributed by atoms with Gasteiger partial charge in [0, 0.05) is 12.5 Å². The van der Waals surface area contributed by atoms with Crippen LogP contribution in [-0.4, -0.2) is 30.4 Å². The van der Waals surface area contributed by atoms with Crippen molar-refractivity contribution < 1.29 is 4.79 Å². The van der Waals surface area contributed by atoms with Gasteiger partial charge in [0.2, 0.25) is 5.91 Å². The largest absolute Gasteiger partial charge is 0.350 e. The van der Waals surface area contributed by atoms with Crippen LogP contribution in [0.2, 0.25) is 0 Å². The summed E-state index contributed by atoms with van der Waals surface area (Å²) in [7, 11) is 2.10. The molecule has 3 heteroatoms. The molecule has 18 heavy (non-hydrogen) atoms. The Kier molecular flexibility index (Phi) is 4.37. The summed E-state index contributed by atoms with van der Waals surface area (Å²) < 4.78 is 0. The van der Waals surface area contributed by atoms with Gasteiger partial charge in [0.25, 0.3) is 0 Å². The summed E-state index contributed by atoms with van der Waals surface area (Å²) in [5.41, 5.74) is 1.16. The Bertz CT molecular complexity index is 391. The fourth-order valence-corrected chi connectivity index (χ4v) is 2.58. The fraction of sp³-hybridized carbons (Fsp3) is 0.533. The second-order valence-corrected chi connectivity index (χ2v) is 5.18. The van der Waals surface area contributed by atoms with E-state index in [9.17, 15) is 4.79 Å². The molecule has 1 aromatic carbocycles. The highest BCUT2D eigenvalue weighted by molar-refractivity contribution is 5.77. The molecule has 1 amide bonds. The van der Waals surface area contributed by atoms with E-state index in [0.29, 0.717) is 12.5 Å². The van der Waals surface area contributed by atoms with Gasteiger partial charge in [0.15, 0.2) is 0 Å². The highest BCUT2D eigenvalue weighted by Gasteiger charge is 2.23. The highest BCUT2D eigenvalue weighted by atomic mass is 16.1. The first-order valence-corrected chi connectivity index (χ1v) is 6.71. The third-order valence-electron chi connectivity index (χ3n) is 3.77. The van der Waals surface area contributed by atoms with Gasteiger partial charge in [-0.05, 0) is 38.9 Å². The minimum Gasteiger partial charge on any atom is -0.350 e. The third kappa shape index (κ3) is 3.33. The van der Waals surface area contributed by atoms with Gasteiger partial charge in [-0.3, -0.25) is 4.79 Å². The molecule has 98 valence electrons. The van der Waals surface area contributed by atoms with Gasteiger partial charge in [0.05, 0.1) is 6.04 Å². The first kappa shape index (κ1) is 13.1. The zero-order valence-electron chi connectivity index (χ0n) is 11.2. The van der Waals surface area contributed by atoms with E-state index in [4.69, 9.17) is 0 Å². The second-order valence-electron chi connectivity index (χ2n) is 5.18. The lowest BCUT2D eigenvalue weighted by Gasteiger charge is -2.20. The van der Waals surface area contributed by atoms with E-state index in [1.165, 1.54) is 6.42 Å². The molecule has 1 aliphatic rings. The molecular formula is C15H22N2O. The van der Waals surface area contributed by atoms with Gasteiger partial charge in [-0.15, -0.1) is 0 Å². The number of carbonyl (C=O) groups excluding carboxylic acids is 1. The summed E-state index contributed by atoms with van der Waals surface area (Å²) in [6.45, 7) is 3.15. The van der Waals surface area contributed by atoms with Crippen molar-refractivity contribution in [3.63, 3.8) is 0 Å². The predicted molar refractivity (Wildman–Crippen MR) is 73.3 cm³/mol. The van der Waals surface area contributed by atoms with Crippen molar-refractivity contribution in [2.24, 2.45) is 0 Å². The molecule has 3 nitrogen and oxygen atoms in total. The number of hydrogen-bond donors (Lipinski definition) is 1. The molecule has 0 radical (unpaired) electrons. The van der Waals surface area contributed by atoms with E-state index < -0.39 is 0 Å². The smallest absolute Gasteiger partial charge is 0.222 e. The summed E-state index contributed by atoms with van der Waals surface area (Å²) in [5, 5.41) is 3.08. The molecular weight excluding hydrogens is 224 g/mol. The second kappa shape index (κ2) is 6.01. The van der Waals surface area contributed by atoms with Gasteiger partial charge in [-0.2, -0.15) is 0 Å². The molecule has 2 atom stereocenters. The number of hydrogen-bond acceptors (Lipinski definition) is 2. The van der Waals surface area contributed by atoms with Crippen LogP contribution in [0, 0.1) is 0 Å². The summed E-state index contributed by atoms with van der Waals surface area (Å²) in [6, 6.07) is 10.6. The van der Waals surface area contributed by atoms with Crippen molar-refractivity contribution in [1.82, 2.24) is 10.2 Å². The minimum atomic E-state index is 0.0883. The maximum Gasteiger partial charge on any atom is 0.222 e. The number of rotatable bonds is 4. The van der Waals surface area contributed by atoms with Crippen molar-refractivity contribution in [2.75, 3.05) is 13.6 Å². The fourth-order valence-electron chi connectivity index (χ4n) is 2.58. The van der Waals surface area contributed by atoms with E-state index >= 15 is 0 Å². The number of benzene rings is 1. The van der Waals surface area contributed by atoms with Crippen LogP contribution in [-0.2, 0) is 4.79 Å². The average Bonchev–Trinajstić information content (AvgIpc) is 2.76. The van der Waals surface area contributed by atoms with Crippen LogP contribution >= 0.6 is 0 Å². The van der Waals surface area contributed by atoms with Crippen LogP contribution in [0.3, 0.4) is 0 Å². The molecule has 0 aromatic heterocycles. The molecule has 0 aliphatic carbocycles. The number of nitrogens with zero attached hydrogens (tertiary/aromatic N) is 1. The normalized spacial score (nSPS) is 21.8. The van der Waals surface area contributed by atoms with E-state index in [1.54, 1.807) is 0 Å². The lowest BCUT2D eigenvalue weighted by molar-refractivity contribution is -0.122. The van der Waals surface area contributed by atoms with Gasteiger partial charge in [-0.25, -0.2) is 0 Å². The van der Waals surface area contributed by atoms with Crippen LogP contribution in [0.25, 0.3) is 0 Å². The standard InChI is InChI=1S/C15H22N2O/c1-12(13-7-4-3-5-8-13)16-15(18)11-14-9-6-10-17(14)2/h3-5,7-8,12,14H,6,9-11H2,1-2H3,(H,16,18). The predicted octanol–water partition coefficient (Wildman–Crippen LogP) is 2.35. The van der Waals surface area contributed by atoms with E-state index in [1.807, 2.05) is 37.3 Å². The molecule has 1 fully saturated rings. The average molecular weight is 246 g/mol. The quantitative estimate of drug-likeness (QED) is 0.884. The van der Waals surface area contributed by atoms with Crippen LogP contribution in [0.1, 0.15) is 37.8 Å². The molecule has 1 N–H and O–H groups in total. The van der Waals surface area contributed by atoms with Crippen molar-refractivity contribution in [1.29, 1.82) is 0 Å². The number of likely N-dealkylation sites (tertiary alicyclic amines) is 1. The zero-order chi connectivity index (χ0) is 13.0. The highest BCUT2D eigenvalue weighted by Crippen LogP contribution is 2.18. The molecule has 2 unspecified atom stereocenters. The van der Waals surface area contributed by atoms with Gasteiger partial charge < -0.3 is 10.2 Å². The Morgan fingerprint density at radius 3 is 2.78 bits per heavy atom. The van der Waals surface area contributed by atoms with E-state index in [-0.39, 0.29) is 11.9 Å². The molecule has 0 saturated carbocycles. The molecule has 0 bridgehead atoms. The summed E-state index contributed by atoms with van der Waals surface area (Å²) >= 11 is 0. The van der Waals surface area contributed by atoms with Gasteiger partial charge in [0.1, 0.15) is 0 Å². The van der Waals surface area contributed by atoms with Crippen molar-refractivity contribution in [3.8, 4) is 0 Å². The Morgan fingerprint density at radius 2 is 2.17 bits per heavy atom. The molecule has 0 spiro atoms. The van der Waals surface area contributed by atoms with Crippen molar-refractivity contribution >= 4 is 5.91 Å². The first-order chi connectivity index (χ1) is 8.66. The zero-order valence-corrected chi connectivity index (χ0v) is 11.2. The van der Waals surface area contributed by atoms with Crippen LogP contribution in [0.15, 0.2) is 30.3 Å². The lowest BCUT2D eigenvalue weighted by Crippen LogP contribution is -2.34. The van der Waals surface area contributed by atoms with E-state index in [2.05, 4.69) is 17.3 Å². The Morgan fingerprint density at radius 1 is 1.44 bits per heavy atom. The monoisotopic (exact) mass is 246 g/mol. The number of amides is 1. The Labute approximate surface area is 109 Å². The Hall–Kier alpha value is -1.35. The Balaban J connectivity index is 1.84. The summed E-state index contributed by atoms with van der Waals surface area (Å²) in [6.07, 6.45) is 2.97. The number of nitrogens with one attached hydrogen (secondary N) is 1. The lowest BCUT2D eigenvalue weighted by atomic mass is 10.1. The first-order valence-electron chi connectivity index (χ1n) is 6.71. The van der Waals surface area contributed by atoms with Crippen molar-refractivity contribution in [2.45, 2.75) is 38.3 Å². The van der Waals surface area contributed by atoms with Crippen LogP contribution in [0.5, 0.6) is 0 Å². The van der Waals surface area contributed by atoms with Crippen LogP contribution in [0.4, 0.5) is 0 Å². The minimum absolute atomic E-state index is 0.0883. The SMILES string of the molecule is CC(NC(=O)CC1CCCN1C)c1ccccc1. The molecule has 1 saturated heterocycles. The summed E-state index contributed by atoms with van der Waals surface area (Å²) in [4.78, 5) is 14.3. The third-order valence-corrected chi connectivity index (χ3v) is 3.77. The van der Waals surface area contributed by atoms with Crippen LogP contribution < -0.4 is 5.32 Å². The van der Waals surface area contributed by atoms with Crippen molar-refractivity contribution in [3.05, 3.63) is 35.9 Å². The van der Waals surface area contributed by atoms with Gasteiger partial charge >= 0.3 is 0 Å². The topological polar surface area (TPSA) is 32.3 Å². The molecule has 1 heterocycles.